The summed E-state index contributed by atoms with van der Waals surface area (Å²) in [5, 5.41) is 0.817. The minimum atomic E-state index is -1.50. The van der Waals surface area contributed by atoms with Crippen molar-refractivity contribution in [3.8, 4) is 0 Å². The van der Waals surface area contributed by atoms with Gasteiger partial charge in [0.1, 0.15) is 25.4 Å². The largest absolute Gasteiger partial charge is 0.367 e. The van der Waals surface area contributed by atoms with Crippen LogP contribution >= 0.6 is 0 Å². The molecule has 0 spiro atoms. The van der Waals surface area contributed by atoms with Gasteiger partial charge in [-0.2, -0.15) is 0 Å². The molecule has 0 aliphatic rings. The molecule has 0 saturated heterocycles. The van der Waals surface area contributed by atoms with E-state index in [0.29, 0.717) is 10.1 Å². The van der Waals surface area contributed by atoms with E-state index >= 15 is 0 Å². The first-order chi connectivity index (χ1) is 8.64. The zero-order valence-corrected chi connectivity index (χ0v) is 19.2. The van der Waals surface area contributed by atoms with Crippen molar-refractivity contribution in [2.75, 3.05) is 0 Å². The van der Waals surface area contributed by atoms with Gasteiger partial charge >= 0.3 is 0 Å². The van der Waals surface area contributed by atoms with E-state index in [0.717, 1.165) is 0 Å². The summed E-state index contributed by atoms with van der Waals surface area (Å²) in [5.41, 5.74) is 2.33. The molecule has 0 radical (unpaired) electrons. The second-order valence-corrected chi connectivity index (χ2v) is 23.8. The highest BCUT2D eigenvalue weighted by Gasteiger charge is 2.53. The lowest BCUT2D eigenvalue weighted by Crippen LogP contribution is -2.72. The molecule has 4 heteroatoms. The van der Waals surface area contributed by atoms with Gasteiger partial charge < -0.3 is 3.90 Å². The Balaban J connectivity index is 6.07. The molecule has 1 nitrogen and oxygen atoms in total. The molecule has 20 heavy (non-hydrogen) atoms. The van der Waals surface area contributed by atoms with Crippen LogP contribution in [0, 0.1) is 0 Å². The summed E-state index contributed by atoms with van der Waals surface area (Å²) in [6.45, 7) is 31.6. The molecule has 0 aliphatic carbocycles. The van der Waals surface area contributed by atoms with Crippen molar-refractivity contribution in [1.29, 1.82) is 0 Å². The van der Waals surface area contributed by atoms with E-state index in [1.165, 1.54) is 6.04 Å². The van der Waals surface area contributed by atoms with Gasteiger partial charge in [0.2, 0.25) is 0 Å². The maximum atomic E-state index is 4.21. The maximum Gasteiger partial charge on any atom is 0.122 e. The Morgan fingerprint density at radius 2 is 1.20 bits per heavy atom. The van der Waals surface area contributed by atoms with Crippen LogP contribution in [0.3, 0.4) is 0 Å². The van der Waals surface area contributed by atoms with E-state index < -0.39 is 25.4 Å². The van der Waals surface area contributed by atoms with Gasteiger partial charge in [-0.25, -0.2) is 0 Å². The van der Waals surface area contributed by atoms with Crippen LogP contribution in [0.25, 0.3) is 0 Å². The third-order valence-corrected chi connectivity index (χ3v) is 26.9. The summed E-state index contributed by atoms with van der Waals surface area (Å²) in [6.07, 6.45) is 0. The number of hydrogen-bond acceptors (Lipinski definition) is 1. The molecular weight excluding hydrogens is 290 g/mol. The Hall–Kier alpha value is 0.351. The van der Waals surface area contributed by atoms with Gasteiger partial charge in [0.15, 0.2) is 0 Å². The van der Waals surface area contributed by atoms with E-state index in [4.69, 9.17) is 0 Å². The van der Waals surface area contributed by atoms with Gasteiger partial charge in [0.25, 0.3) is 0 Å². The Bertz CT molecular complexity index is 309. The van der Waals surface area contributed by atoms with Crippen molar-refractivity contribution in [3.05, 3.63) is 12.3 Å². The van der Waals surface area contributed by atoms with Crippen LogP contribution in [0.2, 0.25) is 42.3 Å². The fourth-order valence-corrected chi connectivity index (χ4v) is 23.3. The van der Waals surface area contributed by atoms with Gasteiger partial charge in [-0.1, -0.05) is 80.4 Å². The molecule has 0 aromatic rings. The first-order valence-corrected chi connectivity index (χ1v) is 16.0. The van der Waals surface area contributed by atoms with Gasteiger partial charge in [-0.15, -0.1) is 6.58 Å². The molecule has 0 rings (SSSR count). The quantitative estimate of drug-likeness (QED) is 0.579. The molecule has 0 heterocycles. The first-order valence-electron chi connectivity index (χ1n) is 8.06. The minimum Gasteiger partial charge on any atom is -0.367 e. The number of rotatable bonds is 5. The van der Waals surface area contributed by atoms with Gasteiger partial charge in [0, 0.05) is 0 Å². The molecule has 1 atom stereocenters. The predicted octanol–water partition coefficient (Wildman–Crippen LogP) is 5.77. The Kier molecular flexibility index (Phi) is 6.34. The summed E-state index contributed by atoms with van der Waals surface area (Å²) in [4.78, 5) is 0. The fourth-order valence-electron chi connectivity index (χ4n) is 2.71. The highest BCUT2D eigenvalue weighted by atomic mass is 28.5. The average molecular weight is 330 g/mol. The van der Waals surface area contributed by atoms with Crippen LogP contribution in [0.1, 0.15) is 48.5 Å². The van der Waals surface area contributed by atoms with Crippen LogP contribution in [0.4, 0.5) is 0 Å². The van der Waals surface area contributed by atoms with Crippen molar-refractivity contribution < 1.29 is 0 Å². The lowest BCUT2D eigenvalue weighted by atomic mass is 10.2. The second kappa shape index (κ2) is 6.23. The number of hydrogen-bond donors (Lipinski definition) is 0. The van der Waals surface area contributed by atoms with Crippen molar-refractivity contribution in [3.63, 3.8) is 0 Å². The molecule has 0 fully saturated rings. The minimum absolute atomic E-state index is 0.409. The van der Waals surface area contributed by atoms with E-state index in [2.05, 4.69) is 90.8 Å². The third-order valence-electron chi connectivity index (χ3n) is 5.90. The highest BCUT2D eigenvalue weighted by Crippen LogP contribution is 2.47. The summed E-state index contributed by atoms with van der Waals surface area (Å²) in [6, 6.07) is 1.31. The molecular formula is C16H39NSi3. The summed E-state index contributed by atoms with van der Waals surface area (Å²) in [7, 11) is -4.03. The van der Waals surface area contributed by atoms with Gasteiger partial charge in [0.05, 0.1) is 0 Å². The second-order valence-electron chi connectivity index (χ2n) is 9.20. The third kappa shape index (κ3) is 3.76. The summed E-state index contributed by atoms with van der Waals surface area (Å²) in [5.74, 6) is 0. The molecule has 120 valence electrons. The molecule has 0 aliphatic heterocycles. The molecule has 1 unspecified atom stereocenters. The van der Waals surface area contributed by atoms with Crippen molar-refractivity contribution in [2.24, 2.45) is 0 Å². The standard InChI is InChI=1S/C16H39NSi3/c1-13-18(14-2)17(19(9,10)15(3,4)5)20(11,12)16(6,7)8/h13,18H,1,14H2,2-12H3. The molecule has 0 amide bonds. The van der Waals surface area contributed by atoms with Gasteiger partial charge in [-0.05, 0) is 16.1 Å². The highest BCUT2D eigenvalue weighted by molar-refractivity contribution is 7.02. The van der Waals surface area contributed by atoms with Crippen molar-refractivity contribution >= 4 is 25.4 Å². The van der Waals surface area contributed by atoms with Crippen LogP contribution in [0.5, 0.6) is 0 Å². The lowest BCUT2D eigenvalue weighted by Gasteiger charge is -2.59. The van der Waals surface area contributed by atoms with Crippen LogP contribution < -0.4 is 0 Å². The normalized spacial score (nSPS) is 16.4. The summed E-state index contributed by atoms with van der Waals surface area (Å²) >= 11 is 0. The molecule has 0 saturated carbocycles. The molecule has 0 bridgehead atoms. The smallest absolute Gasteiger partial charge is 0.122 e. The maximum absolute atomic E-state index is 4.21. The predicted molar refractivity (Wildman–Crippen MR) is 104 cm³/mol. The van der Waals surface area contributed by atoms with E-state index in [-0.39, 0.29) is 0 Å². The summed E-state index contributed by atoms with van der Waals surface area (Å²) < 4.78 is 3.12. The van der Waals surface area contributed by atoms with E-state index in [1.807, 2.05) is 0 Å². The topological polar surface area (TPSA) is 3.24 Å². The fraction of sp³-hybridized carbons (Fsp3) is 0.875. The Labute approximate surface area is 132 Å². The zero-order chi connectivity index (χ0) is 16.6. The van der Waals surface area contributed by atoms with Crippen LogP contribution in [-0.4, -0.2) is 29.3 Å². The van der Waals surface area contributed by atoms with Gasteiger partial charge in [-0.3, -0.25) is 0 Å². The van der Waals surface area contributed by atoms with E-state index in [1.54, 1.807) is 0 Å². The average Bonchev–Trinajstić information content (AvgIpc) is 2.21. The van der Waals surface area contributed by atoms with Crippen molar-refractivity contribution in [2.45, 2.75) is 90.8 Å². The SMILES string of the molecule is C=C[SiH](CC)N([Si](C)(C)C(C)(C)C)[Si](C)(C)C(C)(C)C. The van der Waals surface area contributed by atoms with E-state index in [9.17, 15) is 0 Å². The Morgan fingerprint density at radius 1 is 0.900 bits per heavy atom. The first kappa shape index (κ1) is 20.4. The van der Waals surface area contributed by atoms with Crippen molar-refractivity contribution in [1.82, 2.24) is 3.90 Å². The lowest BCUT2D eigenvalue weighted by molar-refractivity contribution is 0.624. The molecule has 0 aromatic carbocycles. The number of nitrogens with zero attached hydrogens (tertiary/aromatic N) is 1. The monoisotopic (exact) mass is 329 g/mol. The van der Waals surface area contributed by atoms with Crippen LogP contribution in [-0.2, 0) is 0 Å². The Morgan fingerprint density at radius 3 is 1.35 bits per heavy atom. The molecule has 0 N–H and O–H groups in total. The molecule has 0 aromatic heterocycles. The van der Waals surface area contributed by atoms with Crippen LogP contribution in [0.15, 0.2) is 12.3 Å². The zero-order valence-electron chi connectivity index (χ0n) is 16.0.